The van der Waals surface area contributed by atoms with Crippen molar-refractivity contribution in [3.8, 4) is 147 Å². The number of aromatic nitrogens is 11. The van der Waals surface area contributed by atoms with E-state index in [2.05, 4.69) is 153 Å². The van der Waals surface area contributed by atoms with E-state index in [1.165, 1.54) is 0 Å². The molecule has 0 radical (unpaired) electrons. The molecule has 0 atom stereocenters. The number of hydrogen-bond acceptors (Lipinski definition) is 11. The first-order valence-corrected chi connectivity index (χ1v) is 40.0. The summed E-state index contributed by atoms with van der Waals surface area (Å²) in [6, 6.07) is 131. The lowest BCUT2D eigenvalue weighted by molar-refractivity contribution is 1.07. The molecule has 5 aromatic heterocycles. The molecule has 0 aliphatic heterocycles. The fraction of sp³-hybridized carbons (Fsp3) is 0. The van der Waals surface area contributed by atoms with Crippen molar-refractivity contribution in [1.29, 1.82) is 0 Å². The maximum atomic E-state index is 4.80. The summed E-state index contributed by atoms with van der Waals surface area (Å²) < 4.78 is 4.81. The summed E-state index contributed by atoms with van der Waals surface area (Å²) in [6.07, 6.45) is 1.80. The molecule has 5 heterocycles. The average molecular weight is 1790 g/mol. The second-order valence-corrected chi connectivity index (χ2v) is 29.6. The molecular formula is C97H66Br5N11. The van der Waals surface area contributed by atoms with Crippen LogP contribution >= 0.6 is 79.6 Å². The zero-order valence-corrected chi connectivity index (χ0v) is 68.3. The van der Waals surface area contributed by atoms with Gasteiger partial charge in [-0.1, -0.05) is 388 Å². The van der Waals surface area contributed by atoms with Gasteiger partial charge in [0.2, 0.25) is 0 Å². The molecule has 0 saturated carbocycles. The zero-order chi connectivity index (χ0) is 77.3. The van der Waals surface area contributed by atoms with Crippen LogP contribution in [0.1, 0.15) is 0 Å². The van der Waals surface area contributed by atoms with Gasteiger partial charge in [0.05, 0.1) is 38.6 Å². The van der Waals surface area contributed by atoms with Crippen LogP contribution in [0.25, 0.3) is 147 Å². The highest BCUT2D eigenvalue weighted by molar-refractivity contribution is 9.11. The van der Waals surface area contributed by atoms with Crippen molar-refractivity contribution < 1.29 is 0 Å². The minimum atomic E-state index is 0.667. The fourth-order valence-electron chi connectivity index (χ4n) is 11.7. The Kier molecular flexibility index (Phi) is 26.7. The van der Waals surface area contributed by atoms with Gasteiger partial charge < -0.3 is 0 Å². The van der Waals surface area contributed by atoms with Gasteiger partial charge >= 0.3 is 0 Å². The molecule has 0 unspecified atom stereocenters. The number of halogens is 5. The quantitative estimate of drug-likeness (QED) is 0.102. The third-order valence-corrected chi connectivity index (χ3v) is 19.9. The Balaban J connectivity index is 0.000000118. The molecule has 544 valence electrons. The van der Waals surface area contributed by atoms with Crippen molar-refractivity contribution in [2.24, 2.45) is 0 Å². The maximum Gasteiger partial charge on any atom is 0.164 e. The van der Waals surface area contributed by atoms with Gasteiger partial charge in [0.25, 0.3) is 0 Å². The second kappa shape index (κ2) is 39.0. The van der Waals surface area contributed by atoms with Gasteiger partial charge in [-0.3, -0.25) is 0 Å². The van der Waals surface area contributed by atoms with Crippen molar-refractivity contribution in [3.63, 3.8) is 0 Å². The Bertz CT molecular complexity index is 5420. The van der Waals surface area contributed by atoms with E-state index in [0.29, 0.717) is 17.5 Å². The molecule has 0 N–H and O–H groups in total. The first kappa shape index (κ1) is 77.3. The van der Waals surface area contributed by atoms with Crippen LogP contribution in [-0.2, 0) is 0 Å². The molecule has 16 heteroatoms. The molecule has 18 rings (SSSR count). The van der Waals surface area contributed by atoms with Crippen LogP contribution in [0.3, 0.4) is 0 Å². The van der Waals surface area contributed by atoms with Gasteiger partial charge in [0.1, 0.15) is 4.60 Å². The highest BCUT2D eigenvalue weighted by Crippen LogP contribution is 2.34. The summed E-state index contributed by atoms with van der Waals surface area (Å²) in [5.74, 6) is 4.95. The Hall–Kier alpha value is -12.4. The molecule has 0 saturated heterocycles. The average Bonchev–Trinajstić information content (AvgIpc) is 1.34. The van der Waals surface area contributed by atoms with Crippen LogP contribution in [0.4, 0.5) is 0 Å². The maximum absolute atomic E-state index is 4.80. The van der Waals surface area contributed by atoms with Crippen molar-refractivity contribution in [2.45, 2.75) is 0 Å². The minimum absolute atomic E-state index is 0.667. The van der Waals surface area contributed by atoms with Gasteiger partial charge in [-0.05, 0) is 86.5 Å². The smallest absolute Gasteiger partial charge is 0.164 e. The normalized spacial score (nSPS) is 10.5. The zero-order valence-electron chi connectivity index (χ0n) is 60.4. The number of benzene rings is 13. The molecule has 0 bridgehead atoms. The second-order valence-electron chi connectivity index (χ2n) is 25.2. The van der Waals surface area contributed by atoms with Crippen molar-refractivity contribution in [3.05, 3.63) is 423 Å². The summed E-state index contributed by atoms with van der Waals surface area (Å²) >= 11 is 17.4. The van der Waals surface area contributed by atoms with E-state index in [-0.39, 0.29) is 0 Å². The molecule has 0 amide bonds. The van der Waals surface area contributed by atoms with Crippen LogP contribution in [0.2, 0.25) is 0 Å². The highest BCUT2D eigenvalue weighted by atomic mass is 79.9. The van der Waals surface area contributed by atoms with E-state index in [9.17, 15) is 0 Å². The molecule has 0 aliphatic rings. The van der Waals surface area contributed by atoms with Gasteiger partial charge in [-0.2, -0.15) is 0 Å². The largest absolute Gasteiger partial charge is 0.235 e. The predicted octanol–water partition coefficient (Wildman–Crippen LogP) is 27.3. The van der Waals surface area contributed by atoms with E-state index in [1.54, 1.807) is 6.20 Å². The third-order valence-electron chi connectivity index (χ3n) is 17.4. The highest BCUT2D eigenvalue weighted by Gasteiger charge is 2.16. The minimum Gasteiger partial charge on any atom is -0.235 e. The van der Waals surface area contributed by atoms with E-state index in [0.717, 1.165) is 152 Å². The summed E-state index contributed by atoms with van der Waals surface area (Å²) in [5.41, 5.74) is 19.0. The molecule has 13 aromatic carbocycles. The Morgan fingerprint density at radius 3 is 0.646 bits per heavy atom. The fourth-order valence-corrected chi connectivity index (χ4v) is 13.3. The third kappa shape index (κ3) is 21.4. The molecule has 0 fully saturated rings. The van der Waals surface area contributed by atoms with E-state index in [1.807, 2.05) is 346 Å². The Morgan fingerprint density at radius 2 is 0.363 bits per heavy atom. The van der Waals surface area contributed by atoms with Gasteiger partial charge in [-0.25, -0.2) is 54.8 Å². The van der Waals surface area contributed by atoms with E-state index in [4.69, 9.17) is 29.9 Å². The van der Waals surface area contributed by atoms with Crippen molar-refractivity contribution in [1.82, 2.24) is 54.8 Å². The molecule has 0 aliphatic carbocycles. The van der Waals surface area contributed by atoms with Crippen molar-refractivity contribution >= 4 is 79.6 Å². The summed E-state index contributed by atoms with van der Waals surface area (Å²) in [4.78, 5) is 51.4. The first-order chi connectivity index (χ1) is 55.5. The number of nitrogens with zero attached hydrogens (tertiary/aromatic N) is 11. The van der Waals surface area contributed by atoms with Crippen molar-refractivity contribution in [2.75, 3.05) is 0 Å². The monoisotopic (exact) mass is 1780 g/mol. The first-order valence-electron chi connectivity index (χ1n) is 36.0. The Labute approximate surface area is 698 Å². The summed E-state index contributed by atoms with van der Waals surface area (Å²) in [6.45, 7) is 0. The van der Waals surface area contributed by atoms with E-state index < -0.39 is 0 Å². The van der Waals surface area contributed by atoms with Crippen LogP contribution < -0.4 is 0 Å². The Morgan fingerprint density at radius 1 is 0.159 bits per heavy atom. The predicted molar refractivity (Wildman–Crippen MR) is 477 cm³/mol. The topological polar surface area (TPSA) is 142 Å². The summed E-state index contributed by atoms with van der Waals surface area (Å²) in [7, 11) is 0. The molecule has 113 heavy (non-hydrogen) atoms. The molecule has 18 aromatic rings. The van der Waals surface area contributed by atoms with Crippen LogP contribution in [0.5, 0.6) is 0 Å². The lowest BCUT2D eigenvalue weighted by Gasteiger charge is -2.09. The molecule has 0 spiro atoms. The van der Waals surface area contributed by atoms with Crippen LogP contribution in [0.15, 0.2) is 423 Å². The standard InChI is InChI=1S/2C22H15BrN2.C21H14BrN3.2C16H11BrN2/c23-19-13-11-17(12-14-19)21-15-20(16-7-3-1-4-8-16)24-22(25-21)18-9-5-2-6-10-18;23-19-13-11-18(12-14-19)22-24-20(16-7-3-1-4-8-16)15-21(25-22)17-9-5-2-6-10-17;22-18-13-11-17(12-14-18)21-24-19(15-7-3-1-4-8-15)23-20(25-21)16-9-5-2-6-10-16;17-14-11-18-16(13-9-5-2-6-10-13)19-15(14)12-7-3-1-4-8-12;17-15-11-14(12-7-3-1-4-8-12)18-16(19-15)13-9-5-2-6-10-13/h2*1-15H;1-14H;2*1-11H. The van der Waals surface area contributed by atoms with Crippen LogP contribution in [0, 0.1) is 0 Å². The summed E-state index contributed by atoms with van der Waals surface area (Å²) in [5, 5.41) is 0. The molecule has 11 nitrogen and oxygen atoms in total. The SMILES string of the molecule is Brc1cc(-c2ccccc2)nc(-c2ccccc2)n1.Brc1ccc(-c2cc(-c3ccccc3)nc(-c3ccccc3)n2)cc1.Brc1ccc(-c2nc(-c3ccccc3)cc(-c3ccccc3)n2)cc1.Brc1ccc(-c2nc(-c3ccccc3)nc(-c3ccccc3)n2)cc1.Brc1cnc(-c2ccccc2)nc1-c1ccccc1. The number of hydrogen-bond donors (Lipinski definition) is 0. The lowest BCUT2D eigenvalue weighted by Crippen LogP contribution is -1.99. The van der Waals surface area contributed by atoms with Gasteiger partial charge in [0, 0.05) is 91.9 Å². The number of rotatable bonds is 13. The molecular weight excluding hydrogens is 1720 g/mol. The van der Waals surface area contributed by atoms with Gasteiger partial charge in [-0.15, -0.1) is 0 Å². The van der Waals surface area contributed by atoms with Gasteiger partial charge in [0.15, 0.2) is 40.8 Å². The lowest BCUT2D eigenvalue weighted by atomic mass is 10.1. The van der Waals surface area contributed by atoms with Crippen LogP contribution in [-0.4, -0.2) is 54.8 Å². The van der Waals surface area contributed by atoms with E-state index >= 15 is 0 Å².